The van der Waals surface area contributed by atoms with Gasteiger partial charge < -0.3 is 5.32 Å². The van der Waals surface area contributed by atoms with Crippen molar-refractivity contribution in [1.82, 2.24) is 14.8 Å². The summed E-state index contributed by atoms with van der Waals surface area (Å²) in [6.07, 6.45) is 1.95. The van der Waals surface area contributed by atoms with E-state index in [1.807, 2.05) is 55.1 Å². The number of para-hydroxylation sites is 1. The number of nitrogens with zero attached hydrogens (tertiary/aromatic N) is 3. The van der Waals surface area contributed by atoms with Gasteiger partial charge in [-0.25, -0.2) is 4.98 Å². The molecule has 0 aliphatic heterocycles. The molecule has 2 heterocycles. The van der Waals surface area contributed by atoms with E-state index in [-0.39, 0.29) is 11.7 Å². The van der Waals surface area contributed by atoms with E-state index < -0.39 is 0 Å². The number of pyridine rings is 1. The first-order chi connectivity index (χ1) is 14.5. The van der Waals surface area contributed by atoms with E-state index in [1.54, 1.807) is 24.3 Å². The van der Waals surface area contributed by atoms with Gasteiger partial charge in [0.05, 0.1) is 22.5 Å². The van der Waals surface area contributed by atoms with Crippen molar-refractivity contribution in [3.63, 3.8) is 0 Å². The Balaban J connectivity index is 1.76. The molecule has 2 aromatic heterocycles. The van der Waals surface area contributed by atoms with Gasteiger partial charge in [0.2, 0.25) is 0 Å². The summed E-state index contributed by atoms with van der Waals surface area (Å²) in [5.74, 6) is -0.244. The zero-order chi connectivity index (χ0) is 21.3. The van der Waals surface area contributed by atoms with Gasteiger partial charge in [-0.2, -0.15) is 5.10 Å². The quantitative estimate of drug-likeness (QED) is 0.486. The molecule has 150 valence electrons. The lowest BCUT2D eigenvalue weighted by Crippen LogP contribution is -2.13. The summed E-state index contributed by atoms with van der Waals surface area (Å²) < 4.78 is 1.86. The maximum atomic E-state index is 13.2. The largest absolute Gasteiger partial charge is 0.322 e. The van der Waals surface area contributed by atoms with Gasteiger partial charge in [0, 0.05) is 34.9 Å². The molecule has 0 spiro atoms. The fourth-order valence-electron chi connectivity index (χ4n) is 3.42. The predicted molar refractivity (Wildman–Crippen MR) is 118 cm³/mol. The summed E-state index contributed by atoms with van der Waals surface area (Å²) in [4.78, 5) is 29.4. The first-order valence-corrected chi connectivity index (χ1v) is 9.83. The highest BCUT2D eigenvalue weighted by molar-refractivity contribution is 6.13. The van der Waals surface area contributed by atoms with Gasteiger partial charge in [-0.3, -0.25) is 14.3 Å². The Bertz CT molecular complexity index is 1260. The Morgan fingerprint density at radius 3 is 2.47 bits per heavy atom. The molecule has 0 atom stereocenters. The first-order valence-electron chi connectivity index (χ1n) is 9.83. The van der Waals surface area contributed by atoms with Crippen molar-refractivity contribution in [2.45, 2.75) is 27.3 Å². The lowest BCUT2D eigenvalue weighted by molar-refractivity contribution is 0.101. The number of nitrogens with one attached hydrogen (secondary N) is 1. The first kappa shape index (κ1) is 19.5. The highest BCUT2D eigenvalue weighted by Crippen LogP contribution is 2.27. The summed E-state index contributed by atoms with van der Waals surface area (Å²) >= 11 is 0. The molecule has 4 rings (SSSR count). The van der Waals surface area contributed by atoms with Crippen LogP contribution < -0.4 is 5.32 Å². The SMILES string of the molecule is CCn1cc(-c2cc(C(=O)Nc3ccc(C(C)=O)cc3)c3ccccc3n2)c(C)n1. The predicted octanol–water partition coefficient (Wildman–Crippen LogP) is 4.88. The van der Waals surface area contributed by atoms with E-state index in [0.717, 1.165) is 28.7 Å². The van der Waals surface area contributed by atoms with E-state index >= 15 is 0 Å². The zero-order valence-electron chi connectivity index (χ0n) is 17.1. The number of anilines is 1. The van der Waals surface area contributed by atoms with Gasteiger partial charge in [-0.15, -0.1) is 0 Å². The number of aryl methyl sites for hydroxylation is 2. The number of benzene rings is 2. The number of ketones is 1. The second kappa shape index (κ2) is 7.91. The molecule has 0 unspecified atom stereocenters. The van der Waals surface area contributed by atoms with Crippen LogP contribution in [0.15, 0.2) is 60.8 Å². The molecule has 0 bridgehead atoms. The fourth-order valence-corrected chi connectivity index (χ4v) is 3.42. The molecule has 0 saturated heterocycles. The number of Topliss-reactive ketones (excluding diaryl/α,β-unsaturated/α-hetero) is 1. The monoisotopic (exact) mass is 398 g/mol. The maximum absolute atomic E-state index is 13.2. The molecule has 6 heteroatoms. The lowest BCUT2D eigenvalue weighted by atomic mass is 10.0. The molecule has 6 nitrogen and oxygen atoms in total. The minimum absolute atomic E-state index is 0.0133. The highest BCUT2D eigenvalue weighted by atomic mass is 16.1. The number of rotatable bonds is 5. The third kappa shape index (κ3) is 3.72. The van der Waals surface area contributed by atoms with E-state index in [9.17, 15) is 9.59 Å². The van der Waals surface area contributed by atoms with Crippen LogP contribution >= 0.6 is 0 Å². The van der Waals surface area contributed by atoms with Gasteiger partial charge in [-0.1, -0.05) is 18.2 Å². The van der Waals surface area contributed by atoms with Crippen molar-refractivity contribution >= 4 is 28.3 Å². The highest BCUT2D eigenvalue weighted by Gasteiger charge is 2.16. The Kier molecular flexibility index (Phi) is 5.14. The van der Waals surface area contributed by atoms with Crippen LogP contribution in [0.2, 0.25) is 0 Å². The second-order valence-electron chi connectivity index (χ2n) is 7.14. The lowest BCUT2D eigenvalue weighted by Gasteiger charge is -2.10. The molecular formula is C24H22N4O2. The zero-order valence-corrected chi connectivity index (χ0v) is 17.1. The number of carbonyl (C=O) groups excluding carboxylic acids is 2. The Labute approximate surface area is 174 Å². The molecule has 0 aliphatic rings. The molecule has 0 fully saturated rings. The number of aromatic nitrogens is 3. The topological polar surface area (TPSA) is 76.9 Å². The Morgan fingerprint density at radius 1 is 1.07 bits per heavy atom. The van der Waals surface area contributed by atoms with Crippen LogP contribution in [0, 0.1) is 6.92 Å². The van der Waals surface area contributed by atoms with Crippen molar-refractivity contribution in [3.8, 4) is 11.3 Å². The van der Waals surface area contributed by atoms with Gasteiger partial charge in [-0.05, 0) is 57.2 Å². The molecule has 1 N–H and O–H groups in total. The number of carbonyl (C=O) groups is 2. The average molecular weight is 398 g/mol. The average Bonchev–Trinajstić information content (AvgIpc) is 3.14. The number of amides is 1. The second-order valence-corrected chi connectivity index (χ2v) is 7.14. The van der Waals surface area contributed by atoms with E-state index in [1.165, 1.54) is 6.92 Å². The van der Waals surface area contributed by atoms with Crippen LogP contribution in [-0.4, -0.2) is 26.5 Å². The third-order valence-corrected chi connectivity index (χ3v) is 5.06. The van der Waals surface area contributed by atoms with Crippen molar-refractivity contribution in [1.29, 1.82) is 0 Å². The Morgan fingerprint density at radius 2 is 1.80 bits per heavy atom. The number of hydrogen-bond donors (Lipinski definition) is 1. The normalized spacial score (nSPS) is 10.9. The summed E-state index contributed by atoms with van der Waals surface area (Å²) in [7, 11) is 0. The molecular weight excluding hydrogens is 376 g/mol. The third-order valence-electron chi connectivity index (χ3n) is 5.06. The molecule has 0 radical (unpaired) electrons. The summed E-state index contributed by atoms with van der Waals surface area (Å²) in [5, 5.41) is 8.20. The molecule has 0 aliphatic carbocycles. The molecule has 1 amide bonds. The molecule has 30 heavy (non-hydrogen) atoms. The van der Waals surface area contributed by atoms with Crippen molar-refractivity contribution in [2.75, 3.05) is 5.32 Å². The summed E-state index contributed by atoms with van der Waals surface area (Å²) in [6.45, 7) is 6.24. The molecule has 0 saturated carbocycles. The van der Waals surface area contributed by atoms with Gasteiger partial charge >= 0.3 is 0 Å². The van der Waals surface area contributed by atoms with E-state index in [0.29, 0.717) is 22.5 Å². The van der Waals surface area contributed by atoms with Gasteiger partial charge in [0.25, 0.3) is 5.91 Å². The minimum atomic E-state index is -0.231. The minimum Gasteiger partial charge on any atom is -0.322 e. The summed E-state index contributed by atoms with van der Waals surface area (Å²) in [6, 6.07) is 16.3. The standard InChI is InChI=1S/C24H22N4O2/c1-4-28-14-21(15(2)27-28)23-13-20(19-7-5-6-8-22(19)26-23)24(30)25-18-11-9-17(10-12-18)16(3)29/h5-14H,4H2,1-3H3,(H,25,30). The van der Waals surface area contributed by atoms with Crippen molar-refractivity contribution in [3.05, 3.63) is 77.6 Å². The Hall–Kier alpha value is -3.80. The van der Waals surface area contributed by atoms with Crippen molar-refractivity contribution in [2.24, 2.45) is 0 Å². The number of fused-ring (bicyclic) bond motifs is 1. The van der Waals surface area contributed by atoms with Crippen LogP contribution in [0.5, 0.6) is 0 Å². The van der Waals surface area contributed by atoms with Crippen molar-refractivity contribution < 1.29 is 9.59 Å². The van der Waals surface area contributed by atoms with Crippen LogP contribution in [-0.2, 0) is 6.54 Å². The van der Waals surface area contributed by atoms with E-state index in [4.69, 9.17) is 4.98 Å². The van der Waals surface area contributed by atoms with Crippen LogP contribution in [0.4, 0.5) is 5.69 Å². The van der Waals surface area contributed by atoms with Gasteiger partial charge in [0.15, 0.2) is 5.78 Å². The van der Waals surface area contributed by atoms with Crippen LogP contribution in [0.3, 0.4) is 0 Å². The fraction of sp³-hybridized carbons (Fsp3) is 0.167. The van der Waals surface area contributed by atoms with Gasteiger partial charge in [0.1, 0.15) is 0 Å². The summed E-state index contributed by atoms with van der Waals surface area (Å²) in [5.41, 5.74) is 5.00. The molecule has 4 aromatic rings. The number of hydrogen-bond acceptors (Lipinski definition) is 4. The maximum Gasteiger partial charge on any atom is 0.256 e. The molecule has 2 aromatic carbocycles. The van der Waals surface area contributed by atoms with Crippen LogP contribution in [0.25, 0.3) is 22.2 Å². The van der Waals surface area contributed by atoms with Crippen LogP contribution in [0.1, 0.15) is 40.3 Å². The smallest absolute Gasteiger partial charge is 0.256 e. The van der Waals surface area contributed by atoms with E-state index in [2.05, 4.69) is 10.4 Å².